The maximum Gasteiger partial charge on any atom is 0.214 e. The minimum atomic E-state index is -3.36. The highest BCUT2D eigenvalue weighted by atomic mass is 32.2. The Kier molecular flexibility index (Phi) is 2.31. The van der Waals surface area contributed by atoms with E-state index in [0.29, 0.717) is 0 Å². The second-order valence-electron chi connectivity index (χ2n) is 2.33. The topological polar surface area (TPSA) is 60.2 Å². The van der Waals surface area contributed by atoms with E-state index in [9.17, 15) is 8.42 Å². The van der Waals surface area contributed by atoms with Crippen LogP contribution in [0.1, 0.15) is 10.4 Å². The van der Waals surface area contributed by atoms with E-state index in [1.165, 1.54) is 11.3 Å². The third kappa shape index (κ3) is 2.61. The molecular formula is C6H9NO2S2. The van der Waals surface area contributed by atoms with E-state index in [4.69, 9.17) is 5.14 Å². The minimum absolute atomic E-state index is 0.0451. The van der Waals surface area contributed by atoms with Crippen LogP contribution in [0, 0.1) is 6.92 Å². The number of nitrogens with two attached hydrogens (primary N) is 1. The van der Waals surface area contributed by atoms with E-state index >= 15 is 0 Å². The minimum Gasteiger partial charge on any atom is -0.228 e. The smallest absolute Gasteiger partial charge is 0.214 e. The first-order chi connectivity index (χ1) is 4.99. The lowest BCUT2D eigenvalue weighted by Gasteiger charge is -1.95. The summed E-state index contributed by atoms with van der Waals surface area (Å²) in [6.45, 7) is 1.87. The molecule has 5 heteroatoms. The highest BCUT2D eigenvalue weighted by Gasteiger charge is 2.07. The van der Waals surface area contributed by atoms with Crippen molar-refractivity contribution in [2.75, 3.05) is 0 Å². The summed E-state index contributed by atoms with van der Waals surface area (Å²) in [5, 5.41) is 6.73. The van der Waals surface area contributed by atoms with Gasteiger partial charge >= 0.3 is 0 Å². The Labute approximate surface area is 69.9 Å². The number of primary sulfonamides is 1. The van der Waals surface area contributed by atoms with Gasteiger partial charge in [-0.15, -0.1) is 11.3 Å². The molecule has 1 aromatic rings. The van der Waals surface area contributed by atoms with Crippen LogP contribution in [0.15, 0.2) is 11.4 Å². The molecule has 0 aromatic carbocycles. The quantitative estimate of drug-likeness (QED) is 0.753. The third-order valence-corrected chi connectivity index (χ3v) is 3.20. The van der Waals surface area contributed by atoms with Crippen LogP contribution in [-0.2, 0) is 15.8 Å². The van der Waals surface area contributed by atoms with E-state index in [-0.39, 0.29) is 5.75 Å². The molecule has 0 fully saturated rings. The zero-order valence-electron chi connectivity index (χ0n) is 6.07. The predicted octanol–water partition coefficient (Wildman–Crippen LogP) is 0.845. The number of rotatable bonds is 2. The average molecular weight is 191 g/mol. The van der Waals surface area contributed by atoms with Crippen LogP contribution >= 0.6 is 11.3 Å². The molecule has 11 heavy (non-hydrogen) atoms. The molecule has 0 spiro atoms. The standard InChI is InChI=1S/C6H9NO2S2/c1-5-2-3-10-6(5)4-11(7,8)9/h2-3H,4H2,1H3,(H2,7,8,9). The van der Waals surface area contributed by atoms with E-state index in [0.717, 1.165) is 10.4 Å². The largest absolute Gasteiger partial charge is 0.228 e. The molecule has 1 aromatic heterocycles. The van der Waals surface area contributed by atoms with Gasteiger partial charge in [0.05, 0.1) is 5.75 Å². The molecular weight excluding hydrogens is 182 g/mol. The van der Waals surface area contributed by atoms with Crippen molar-refractivity contribution in [2.45, 2.75) is 12.7 Å². The van der Waals surface area contributed by atoms with Gasteiger partial charge in [-0.05, 0) is 23.9 Å². The van der Waals surface area contributed by atoms with Gasteiger partial charge in [-0.25, -0.2) is 13.6 Å². The molecule has 0 aliphatic carbocycles. The summed E-state index contributed by atoms with van der Waals surface area (Å²) in [6, 6.07) is 1.88. The molecule has 1 rings (SSSR count). The summed E-state index contributed by atoms with van der Waals surface area (Å²) in [7, 11) is -3.36. The summed E-state index contributed by atoms with van der Waals surface area (Å²) in [5.41, 5.74) is 0.990. The van der Waals surface area contributed by atoms with Crippen molar-refractivity contribution in [3.63, 3.8) is 0 Å². The highest BCUT2D eigenvalue weighted by molar-refractivity contribution is 7.88. The van der Waals surface area contributed by atoms with E-state index in [1.54, 1.807) is 0 Å². The Morgan fingerprint density at radius 1 is 1.64 bits per heavy atom. The number of hydrogen-bond donors (Lipinski definition) is 1. The molecule has 3 nitrogen and oxygen atoms in total. The molecule has 0 saturated carbocycles. The Balaban J connectivity index is 2.89. The van der Waals surface area contributed by atoms with Crippen LogP contribution in [0.25, 0.3) is 0 Å². The van der Waals surface area contributed by atoms with E-state index in [1.807, 2.05) is 18.4 Å². The summed E-state index contributed by atoms with van der Waals surface area (Å²) in [6.07, 6.45) is 0. The number of hydrogen-bond acceptors (Lipinski definition) is 3. The van der Waals surface area contributed by atoms with Gasteiger partial charge in [-0.3, -0.25) is 0 Å². The maximum absolute atomic E-state index is 10.6. The second-order valence-corrected chi connectivity index (χ2v) is 4.95. The molecule has 0 bridgehead atoms. The first kappa shape index (κ1) is 8.70. The fourth-order valence-electron chi connectivity index (χ4n) is 0.735. The molecule has 1 heterocycles. The van der Waals surface area contributed by atoms with Gasteiger partial charge in [-0.1, -0.05) is 0 Å². The monoisotopic (exact) mass is 191 g/mol. The van der Waals surface area contributed by atoms with Crippen molar-refractivity contribution in [3.05, 3.63) is 21.9 Å². The summed E-state index contributed by atoms with van der Waals surface area (Å²) < 4.78 is 21.3. The van der Waals surface area contributed by atoms with Crippen LogP contribution in [0.5, 0.6) is 0 Å². The van der Waals surface area contributed by atoms with E-state index < -0.39 is 10.0 Å². The van der Waals surface area contributed by atoms with Crippen molar-refractivity contribution >= 4 is 21.4 Å². The Hall–Kier alpha value is -0.390. The van der Waals surface area contributed by atoms with Crippen LogP contribution in [0.4, 0.5) is 0 Å². The summed E-state index contributed by atoms with van der Waals surface area (Å²) in [4.78, 5) is 0.826. The number of sulfonamides is 1. The van der Waals surface area contributed by atoms with Crippen molar-refractivity contribution < 1.29 is 8.42 Å². The third-order valence-electron chi connectivity index (χ3n) is 1.30. The molecule has 62 valence electrons. The fraction of sp³-hybridized carbons (Fsp3) is 0.333. The Morgan fingerprint density at radius 2 is 2.27 bits per heavy atom. The Morgan fingerprint density at radius 3 is 2.64 bits per heavy atom. The molecule has 0 aliphatic rings. The summed E-state index contributed by atoms with van der Waals surface area (Å²) >= 11 is 1.42. The number of aryl methyl sites for hydroxylation is 1. The molecule has 0 atom stereocenters. The molecule has 0 amide bonds. The Bertz CT molecular complexity index is 339. The first-order valence-electron chi connectivity index (χ1n) is 3.02. The van der Waals surface area contributed by atoms with Crippen molar-refractivity contribution in [3.8, 4) is 0 Å². The second kappa shape index (κ2) is 2.92. The van der Waals surface area contributed by atoms with Crippen LogP contribution < -0.4 is 5.14 Å². The van der Waals surface area contributed by atoms with Crippen molar-refractivity contribution in [2.24, 2.45) is 5.14 Å². The van der Waals surface area contributed by atoms with Gasteiger partial charge < -0.3 is 0 Å². The number of thiophene rings is 1. The van der Waals surface area contributed by atoms with Gasteiger partial charge in [0.2, 0.25) is 10.0 Å². The van der Waals surface area contributed by atoms with Gasteiger partial charge in [-0.2, -0.15) is 0 Å². The van der Waals surface area contributed by atoms with Crippen molar-refractivity contribution in [1.82, 2.24) is 0 Å². The fourth-order valence-corrected chi connectivity index (χ4v) is 2.78. The zero-order valence-corrected chi connectivity index (χ0v) is 7.71. The first-order valence-corrected chi connectivity index (χ1v) is 5.62. The predicted molar refractivity (Wildman–Crippen MR) is 45.9 cm³/mol. The van der Waals surface area contributed by atoms with Gasteiger partial charge in [0, 0.05) is 4.88 Å². The van der Waals surface area contributed by atoms with Gasteiger partial charge in [0.25, 0.3) is 0 Å². The van der Waals surface area contributed by atoms with Crippen LogP contribution in [0.2, 0.25) is 0 Å². The van der Waals surface area contributed by atoms with Crippen molar-refractivity contribution in [1.29, 1.82) is 0 Å². The van der Waals surface area contributed by atoms with Gasteiger partial charge in [0.15, 0.2) is 0 Å². The van der Waals surface area contributed by atoms with Crippen LogP contribution in [0.3, 0.4) is 0 Å². The SMILES string of the molecule is Cc1ccsc1CS(N)(=O)=O. The van der Waals surface area contributed by atoms with Gasteiger partial charge in [0.1, 0.15) is 0 Å². The molecule has 0 saturated heterocycles. The average Bonchev–Trinajstić information content (AvgIpc) is 2.12. The molecule has 0 radical (unpaired) electrons. The molecule has 2 N–H and O–H groups in total. The van der Waals surface area contributed by atoms with Crippen LogP contribution in [-0.4, -0.2) is 8.42 Å². The highest BCUT2D eigenvalue weighted by Crippen LogP contribution is 2.16. The lowest BCUT2D eigenvalue weighted by Crippen LogP contribution is -2.14. The normalized spacial score (nSPS) is 11.8. The lowest BCUT2D eigenvalue weighted by atomic mass is 10.3. The molecule has 0 unspecified atom stereocenters. The summed E-state index contributed by atoms with van der Waals surface area (Å²) in [5.74, 6) is -0.0451. The van der Waals surface area contributed by atoms with E-state index in [2.05, 4.69) is 0 Å². The zero-order chi connectivity index (χ0) is 8.48. The lowest BCUT2D eigenvalue weighted by molar-refractivity contribution is 0.597. The molecule has 0 aliphatic heterocycles. The maximum atomic E-state index is 10.6.